The van der Waals surface area contributed by atoms with Crippen LogP contribution in [0.2, 0.25) is 20.3 Å². The summed E-state index contributed by atoms with van der Waals surface area (Å²) in [6.45, 7) is 0. The molecule has 0 heterocycles. The molecule has 0 aromatic carbocycles. The van der Waals surface area contributed by atoms with Gasteiger partial charge in [0.15, 0.2) is 0 Å². The minimum atomic E-state index is 0.797. The molecule has 0 radical (unpaired) electrons. The van der Waals surface area contributed by atoms with Crippen LogP contribution in [0, 0.1) is 0 Å². The van der Waals surface area contributed by atoms with Gasteiger partial charge in [-0.2, -0.15) is 0 Å². The summed E-state index contributed by atoms with van der Waals surface area (Å²) in [7, 11) is 0. The van der Waals surface area contributed by atoms with Crippen LogP contribution in [0.5, 0.6) is 0 Å². The van der Waals surface area contributed by atoms with Gasteiger partial charge in [-0.25, -0.2) is 0 Å². The molecule has 0 saturated carbocycles. The van der Waals surface area contributed by atoms with Crippen molar-refractivity contribution < 1.29 is 0 Å². The maximum atomic E-state index is 2.35. The summed E-state index contributed by atoms with van der Waals surface area (Å²) < 4.78 is 0. The third kappa shape index (κ3) is 10.3. The first-order valence-corrected chi connectivity index (χ1v) is 15.2. The topological polar surface area (TPSA) is 0 Å². The standard InChI is InChI=1S/C19H28S2Se2/c1-2-9-18(8-1)22-16-6-14-20-12-5-13-21-15-7-17-23-19-10-3-4-11-19/h1-4,8-11,18-19H,5-7,12-17H2. The summed E-state index contributed by atoms with van der Waals surface area (Å²) in [5.41, 5.74) is 0. The van der Waals surface area contributed by atoms with Gasteiger partial charge >= 0.3 is 165 Å². The molecule has 0 amide bonds. The van der Waals surface area contributed by atoms with Crippen LogP contribution >= 0.6 is 23.5 Å². The molecule has 0 aliphatic heterocycles. The Morgan fingerprint density at radius 3 is 1.39 bits per heavy atom. The summed E-state index contributed by atoms with van der Waals surface area (Å²) in [6, 6.07) is 0. The zero-order valence-corrected chi connectivity index (χ0v) is 18.8. The fourth-order valence-corrected chi connectivity index (χ4v) is 9.22. The van der Waals surface area contributed by atoms with Gasteiger partial charge in [-0.15, -0.1) is 0 Å². The molecule has 4 heteroatoms. The van der Waals surface area contributed by atoms with Crippen LogP contribution in [0.15, 0.2) is 48.6 Å². The zero-order valence-electron chi connectivity index (χ0n) is 13.8. The molecule has 2 aliphatic rings. The Hall–Kier alpha value is 0.699. The molecule has 0 atom stereocenters. The van der Waals surface area contributed by atoms with Crippen molar-refractivity contribution in [2.24, 2.45) is 0 Å². The Kier molecular flexibility index (Phi) is 12.1. The van der Waals surface area contributed by atoms with Gasteiger partial charge in [-0.1, -0.05) is 0 Å². The predicted molar refractivity (Wildman–Crippen MR) is 114 cm³/mol. The summed E-state index contributed by atoms with van der Waals surface area (Å²) in [6.07, 6.45) is 22.4. The molecule has 2 aliphatic carbocycles. The first-order chi connectivity index (χ1) is 11.4. The fourth-order valence-electron chi connectivity index (χ4n) is 2.27. The van der Waals surface area contributed by atoms with Gasteiger partial charge in [0, 0.05) is 0 Å². The van der Waals surface area contributed by atoms with E-state index in [1.165, 1.54) is 52.9 Å². The second-order valence-electron chi connectivity index (χ2n) is 5.50. The van der Waals surface area contributed by atoms with Gasteiger partial charge in [0.1, 0.15) is 0 Å². The van der Waals surface area contributed by atoms with Gasteiger partial charge < -0.3 is 0 Å². The molecular formula is C19H28S2Se2. The fraction of sp³-hybridized carbons (Fsp3) is 0.579. The summed E-state index contributed by atoms with van der Waals surface area (Å²) in [5, 5.41) is 2.89. The van der Waals surface area contributed by atoms with E-state index in [2.05, 4.69) is 72.1 Å². The Balaban J connectivity index is 1.24. The van der Waals surface area contributed by atoms with Crippen molar-refractivity contribution in [1.82, 2.24) is 0 Å². The molecule has 0 nitrogen and oxygen atoms in total. The Bertz CT molecular complexity index is 354. The van der Waals surface area contributed by atoms with E-state index in [0.717, 1.165) is 39.5 Å². The summed E-state index contributed by atoms with van der Waals surface area (Å²) in [4.78, 5) is 1.59. The van der Waals surface area contributed by atoms with Crippen LogP contribution in [0.1, 0.15) is 19.3 Å². The van der Waals surface area contributed by atoms with Crippen molar-refractivity contribution >= 4 is 53.4 Å². The summed E-state index contributed by atoms with van der Waals surface area (Å²) in [5.74, 6) is 5.48. The first-order valence-electron chi connectivity index (χ1n) is 8.54. The third-order valence-electron chi connectivity index (χ3n) is 3.49. The summed E-state index contributed by atoms with van der Waals surface area (Å²) >= 11 is 5.93. The average Bonchev–Trinajstić information content (AvgIpc) is 3.25. The number of rotatable bonds is 14. The quantitative estimate of drug-likeness (QED) is 0.232. The Labute approximate surface area is 163 Å². The minimum absolute atomic E-state index is 0.797. The number of hydrogen-bond acceptors (Lipinski definition) is 2. The number of allylic oxidation sites excluding steroid dienone is 8. The normalized spacial score (nSPS) is 17.0. The number of hydrogen-bond donors (Lipinski definition) is 0. The molecule has 0 saturated heterocycles. The van der Waals surface area contributed by atoms with Crippen molar-refractivity contribution in [3.63, 3.8) is 0 Å². The van der Waals surface area contributed by atoms with Gasteiger partial charge in [-0.05, 0) is 0 Å². The van der Waals surface area contributed by atoms with E-state index in [1.54, 1.807) is 0 Å². The predicted octanol–water partition coefficient (Wildman–Crippen LogP) is 5.70. The van der Waals surface area contributed by atoms with E-state index in [1.807, 2.05) is 0 Å². The van der Waals surface area contributed by atoms with E-state index < -0.39 is 0 Å². The first kappa shape index (κ1) is 20.0. The van der Waals surface area contributed by atoms with Crippen LogP contribution in [-0.2, 0) is 0 Å². The molecule has 23 heavy (non-hydrogen) atoms. The SMILES string of the molecule is C1=CC([Se]CCCSCCCSCCC[Se]C2C=CC=C2)C=C1. The van der Waals surface area contributed by atoms with Crippen molar-refractivity contribution in [2.75, 3.05) is 23.0 Å². The molecule has 0 aromatic rings. The Morgan fingerprint density at radius 2 is 0.957 bits per heavy atom. The van der Waals surface area contributed by atoms with Crippen LogP contribution < -0.4 is 0 Å². The van der Waals surface area contributed by atoms with Gasteiger partial charge in [0.2, 0.25) is 0 Å². The second kappa shape index (κ2) is 13.9. The van der Waals surface area contributed by atoms with E-state index in [-0.39, 0.29) is 0 Å². The maximum absolute atomic E-state index is 2.35. The molecule has 0 unspecified atom stereocenters. The molecule has 0 bridgehead atoms. The van der Waals surface area contributed by atoms with Crippen molar-refractivity contribution in [2.45, 2.75) is 39.5 Å². The van der Waals surface area contributed by atoms with E-state index in [9.17, 15) is 0 Å². The Morgan fingerprint density at radius 1 is 0.565 bits per heavy atom. The van der Waals surface area contributed by atoms with Crippen LogP contribution in [-0.4, -0.2) is 52.9 Å². The second-order valence-corrected chi connectivity index (χ2v) is 13.3. The van der Waals surface area contributed by atoms with Gasteiger partial charge in [0.05, 0.1) is 0 Å². The molecule has 0 fully saturated rings. The van der Waals surface area contributed by atoms with Crippen LogP contribution in [0.25, 0.3) is 0 Å². The van der Waals surface area contributed by atoms with Gasteiger partial charge in [0.25, 0.3) is 0 Å². The molecule has 0 N–H and O–H groups in total. The van der Waals surface area contributed by atoms with E-state index in [0.29, 0.717) is 0 Å². The molecule has 0 spiro atoms. The van der Waals surface area contributed by atoms with Crippen molar-refractivity contribution in [1.29, 1.82) is 0 Å². The van der Waals surface area contributed by atoms with Gasteiger partial charge in [-0.3, -0.25) is 0 Å². The zero-order chi connectivity index (χ0) is 16.0. The monoisotopic (exact) mass is 480 g/mol. The van der Waals surface area contributed by atoms with Crippen molar-refractivity contribution in [3.8, 4) is 0 Å². The van der Waals surface area contributed by atoms with E-state index >= 15 is 0 Å². The molecule has 128 valence electrons. The van der Waals surface area contributed by atoms with Crippen molar-refractivity contribution in [3.05, 3.63) is 48.6 Å². The van der Waals surface area contributed by atoms with Crippen LogP contribution in [0.3, 0.4) is 0 Å². The third-order valence-corrected chi connectivity index (χ3v) is 10.9. The average molecular weight is 478 g/mol. The number of thioether (sulfide) groups is 2. The van der Waals surface area contributed by atoms with Crippen LogP contribution in [0.4, 0.5) is 0 Å². The molecule has 2 rings (SSSR count). The van der Waals surface area contributed by atoms with E-state index in [4.69, 9.17) is 0 Å². The molecule has 0 aromatic heterocycles. The molecular weight excluding hydrogens is 450 g/mol.